The van der Waals surface area contributed by atoms with E-state index in [1.165, 1.54) is 31.4 Å². The minimum absolute atomic E-state index is 0.144. The molecule has 0 spiro atoms. The van der Waals surface area contributed by atoms with Crippen molar-refractivity contribution in [2.45, 2.75) is 50.9 Å². The van der Waals surface area contributed by atoms with Crippen LogP contribution in [0.1, 0.15) is 45.1 Å². The van der Waals surface area contributed by atoms with Crippen molar-refractivity contribution in [1.29, 1.82) is 0 Å². The van der Waals surface area contributed by atoms with Gasteiger partial charge in [-0.1, -0.05) is 42.6 Å². The molecule has 1 saturated carbocycles. The van der Waals surface area contributed by atoms with Crippen LogP contribution >= 0.6 is 15.9 Å². The first-order valence-corrected chi connectivity index (χ1v) is 8.35. The predicted molar refractivity (Wildman–Crippen MR) is 83.5 cm³/mol. The molecule has 1 aliphatic rings. The third-order valence-electron chi connectivity index (χ3n) is 3.82. The maximum atomic E-state index is 13.4. The summed E-state index contributed by atoms with van der Waals surface area (Å²) >= 11 is 3.49. The van der Waals surface area contributed by atoms with Crippen molar-refractivity contribution in [2.75, 3.05) is 11.4 Å². The summed E-state index contributed by atoms with van der Waals surface area (Å²) < 4.78 is 13.4. The second-order valence-electron chi connectivity index (χ2n) is 5.89. The van der Waals surface area contributed by atoms with Crippen molar-refractivity contribution in [2.24, 2.45) is 5.92 Å². The fraction of sp³-hybridized carbons (Fsp3) is 0.625. The molecule has 1 nitrogen and oxygen atoms in total. The maximum Gasteiger partial charge on any atom is 0.123 e. The lowest BCUT2D eigenvalue weighted by Gasteiger charge is -2.34. The van der Waals surface area contributed by atoms with Crippen LogP contribution in [0.2, 0.25) is 0 Å². The molecule has 1 aromatic carbocycles. The number of halogens is 2. The summed E-state index contributed by atoms with van der Waals surface area (Å²) in [5, 5.41) is 0.710. The van der Waals surface area contributed by atoms with Crippen LogP contribution in [-0.2, 0) is 5.33 Å². The molecule has 0 bridgehead atoms. The topological polar surface area (TPSA) is 3.24 Å². The highest BCUT2D eigenvalue weighted by Gasteiger charge is 2.25. The molecule has 2 rings (SSSR count). The lowest BCUT2D eigenvalue weighted by molar-refractivity contribution is 0.534. The summed E-state index contributed by atoms with van der Waals surface area (Å²) in [7, 11) is 0. The molecule has 0 atom stereocenters. The minimum Gasteiger partial charge on any atom is -0.368 e. The summed E-state index contributed by atoms with van der Waals surface area (Å²) in [5.41, 5.74) is 2.27. The van der Waals surface area contributed by atoms with Gasteiger partial charge in [0, 0.05) is 23.6 Å². The van der Waals surface area contributed by atoms with E-state index in [-0.39, 0.29) is 5.82 Å². The van der Waals surface area contributed by atoms with E-state index in [2.05, 4.69) is 34.7 Å². The van der Waals surface area contributed by atoms with E-state index in [1.807, 2.05) is 6.07 Å². The smallest absolute Gasteiger partial charge is 0.123 e. The molecule has 0 aromatic heterocycles. The fourth-order valence-electron chi connectivity index (χ4n) is 2.99. The van der Waals surface area contributed by atoms with Crippen molar-refractivity contribution in [1.82, 2.24) is 0 Å². The summed E-state index contributed by atoms with van der Waals surface area (Å²) in [6, 6.07) is 5.83. The second-order valence-corrected chi connectivity index (χ2v) is 6.45. The van der Waals surface area contributed by atoms with Crippen molar-refractivity contribution in [3.8, 4) is 0 Å². The van der Waals surface area contributed by atoms with Gasteiger partial charge in [-0.3, -0.25) is 0 Å². The number of hydrogen-bond donors (Lipinski definition) is 0. The van der Waals surface area contributed by atoms with Crippen LogP contribution in [0.5, 0.6) is 0 Å². The molecule has 0 saturated heterocycles. The Kier molecular flexibility index (Phi) is 5.26. The zero-order valence-electron chi connectivity index (χ0n) is 11.8. The van der Waals surface area contributed by atoms with Crippen LogP contribution in [0.25, 0.3) is 0 Å². The summed E-state index contributed by atoms with van der Waals surface area (Å²) in [5.74, 6) is 0.475. The van der Waals surface area contributed by atoms with E-state index in [9.17, 15) is 4.39 Å². The van der Waals surface area contributed by atoms with Crippen molar-refractivity contribution >= 4 is 21.6 Å². The molecular formula is C16H23BrFN. The van der Waals surface area contributed by atoms with Crippen LogP contribution in [0.4, 0.5) is 10.1 Å². The van der Waals surface area contributed by atoms with Gasteiger partial charge in [-0.15, -0.1) is 0 Å². The average molecular weight is 328 g/mol. The van der Waals surface area contributed by atoms with E-state index in [4.69, 9.17) is 0 Å². The predicted octanol–water partition coefficient (Wildman–Crippen LogP) is 5.13. The van der Waals surface area contributed by atoms with Crippen LogP contribution in [0, 0.1) is 11.7 Å². The first-order chi connectivity index (χ1) is 9.11. The molecule has 3 heteroatoms. The van der Waals surface area contributed by atoms with Gasteiger partial charge in [0.05, 0.1) is 0 Å². The van der Waals surface area contributed by atoms with E-state index < -0.39 is 0 Å². The SMILES string of the molecule is CC(C)CN(c1ccc(F)cc1CBr)C1CCCC1. The van der Waals surface area contributed by atoms with E-state index >= 15 is 0 Å². The highest BCUT2D eigenvalue weighted by atomic mass is 79.9. The minimum atomic E-state index is -0.144. The monoisotopic (exact) mass is 327 g/mol. The zero-order chi connectivity index (χ0) is 13.8. The Morgan fingerprint density at radius 1 is 1.32 bits per heavy atom. The van der Waals surface area contributed by atoms with Gasteiger partial charge < -0.3 is 4.90 Å². The van der Waals surface area contributed by atoms with Gasteiger partial charge in [-0.2, -0.15) is 0 Å². The quantitative estimate of drug-likeness (QED) is 0.678. The molecule has 19 heavy (non-hydrogen) atoms. The van der Waals surface area contributed by atoms with Crippen LogP contribution in [-0.4, -0.2) is 12.6 Å². The van der Waals surface area contributed by atoms with Gasteiger partial charge in [0.25, 0.3) is 0 Å². The number of rotatable bonds is 5. The second kappa shape index (κ2) is 6.74. The maximum absolute atomic E-state index is 13.4. The van der Waals surface area contributed by atoms with Gasteiger partial charge in [0.2, 0.25) is 0 Å². The molecule has 0 aliphatic heterocycles. The number of benzene rings is 1. The summed E-state index contributed by atoms with van der Waals surface area (Å²) in [6.07, 6.45) is 5.19. The van der Waals surface area contributed by atoms with Crippen LogP contribution in [0.15, 0.2) is 18.2 Å². The highest BCUT2D eigenvalue weighted by molar-refractivity contribution is 9.08. The number of nitrogens with zero attached hydrogens (tertiary/aromatic N) is 1. The van der Waals surface area contributed by atoms with Gasteiger partial charge >= 0.3 is 0 Å². The van der Waals surface area contributed by atoms with Gasteiger partial charge in [-0.25, -0.2) is 4.39 Å². The largest absolute Gasteiger partial charge is 0.368 e. The Morgan fingerprint density at radius 3 is 2.58 bits per heavy atom. The average Bonchev–Trinajstić information content (AvgIpc) is 2.89. The lowest BCUT2D eigenvalue weighted by atomic mass is 10.1. The third-order valence-corrected chi connectivity index (χ3v) is 4.43. The molecule has 0 amide bonds. The Balaban J connectivity index is 2.30. The molecule has 0 unspecified atom stereocenters. The summed E-state index contributed by atoms with van der Waals surface area (Å²) in [4.78, 5) is 2.51. The fourth-order valence-corrected chi connectivity index (χ4v) is 3.44. The van der Waals surface area contributed by atoms with E-state index in [0.717, 1.165) is 12.1 Å². The molecule has 1 aliphatic carbocycles. The molecule has 0 N–H and O–H groups in total. The molecule has 1 fully saturated rings. The molecule has 106 valence electrons. The van der Waals surface area contributed by atoms with Crippen LogP contribution < -0.4 is 4.90 Å². The van der Waals surface area contributed by atoms with Crippen molar-refractivity contribution in [3.05, 3.63) is 29.6 Å². The van der Waals surface area contributed by atoms with Gasteiger partial charge in [-0.05, 0) is 42.5 Å². The number of alkyl halides is 1. The van der Waals surface area contributed by atoms with Crippen molar-refractivity contribution < 1.29 is 4.39 Å². The van der Waals surface area contributed by atoms with Gasteiger partial charge in [0.15, 0.2) is 0 Å². The molecule has 0 heterocycles. The normalized spacial score (nSPS) is 16.3. The lowest BCUT2D eigenvalue weighted by Crippen LogP contribution is -2.36. The van der Waals surface area contributed by atoms with Gasteiger partial charge in [0.1, 0.15) is 5.82 Å². The number of hydrogen-bond acceptors (Lipinski definition) is 1. The molecule has 0 radical (unpaired) electrons. The molecular weight excluding hydrogens is 305 g/mol. The molecule has 1 aromatic rings. The van der Waals surface area contributed by atoms with Crippen molar-refractivity contribution in [3.63, 3.8) is 0 Å². The first-order valence-electron chi connectivity index (χ1n) is 7.23. The van der Waals surface area contributed by atoms with E-state index in [1.54, 1.807) is 12.1 Å². The highest BCUT2D eigenvalue weighted by Crippen LogP contribution is 2.32. The Hall–Kier alpha value is -0.570. The standard InChI is InChI=1S/C16H23BrFN/c1-12(2)11-19(15-5-3-4-6-15)16-8-7-14(18)9-13(16)10-17/h7-9,12,15H,3-6,10-11H2,1-2H3. The Bertz CT molecular complexity index is 413. The summed E-state index contributed by atoms with van der Waals surface area (Å²) in [6.45, 7) is 5.55. The Labute approximate surface area is 124 Å². The van der Waals surface area contributed by atoms with Crippen LogP contribution in [0.3, 0.4) is 0 Å². The first kappa shape index (κ1) is 14.8. The van der Waals surface area contributed by atoms with E-state index in [0.29, 0.717) is 17.3 Å². The third kappa shape index (κ3) is 3.71. The zero-order valence-corrected chi connectivity index (χ0v) is 13.4. The Morgan fingerprint density at radius 2 is 2.00 bits per heavy atom. The number of anilines is 1.